The summed E-state index contributed by atoms with van der Waals surface area (Å²) in [4.78, 5) is 25.0. The average Bonchev–Trinajstić information content (AvgIpc) is 2.69. The minimum atomic E-state index is -0.467. The summed E-state index contributed by atoms with van der Waals surface area (Å²) >= 11 is 3.35. The van der Waals surface area contributed by atoms with Gasteiger partial charge in [0.25, 0.3) is 0 Å². The molecule has 0 aliphatic heterocycles. The van der Waals surface area contributed by atoms with E-state index in [1.165, 1.54) is 0 Å². The second-order valence-electron chi connectivity index (χ2n) is 6.28. The molecule has 0 saturated carbocycles. The van der Waals surface area contributed by atoms with Crippen molar-refractivity contribution >= 4 is 32.9 Å². The number of benzene rings is 3. The molecule has 0 atom stereocenters. The molecule has 1 heterocycles. The van der Waals surface area contributed by atoms with Crippen LogP contribution in [0.3, 0.4) is 0 Å². The Labute approximate surface area is 169 Å². The first-order valence-corrected chi connectivity index (χ1v) is 9.43. The molecule has 28 heavy (non-hydrogen) atoms. The maximum absolute atomic E-state index is 12.5. The highest BCUT2D eigenvalue weighted by Crippen LogP contribution is 2.29. The van der Waals surface area contributed by atoms with Gasteiger partial charge in [0, 0.05) is 9.86 Å². The van der Waals surface area contributed by atoms with E-state index in [1.807, 2.05) is 43.3 Å². The molecule has 5 heteroatoms. The summed E-state index contributed by atoms with van der Waals surface area (Å²) in [7, 11) is 0. The Morgan fingerprint density at radius 3 is 2.43 bits per heavy atom. The molecule has 138 valence electrons. The van der Waals surface area contributed by atoms with Gasteiger partial charge in [0.1, 0.15) is 11.3 Å². The number of halogens is 1. The highest BCUT2D eigenvalue weighted by Gasteiger charge is 2.16. The number of hydrogen-bond acceptors (Lipinski definition) is 4. The molecular formula is C23H15BrO4. The van der Waals surface area contributed by atoms with Crippen molar-refractivity contribution in [1.82, 2.24) is 0 Å². The van der Waals surface area contributed by atoms with E-state index >= 15 is 0 Å². The zero-order chi connectivity index (χ0) is 19.7. The maximum atomic E-state index is 12.5. The van der Waals surface area contributed by atoms with Crippen molar-refractivity contribution in [3.63, 3.8) is 0 Å². The van der Waals surface area contributed by atoms with Crippen LogP contribution in [0.2, 0.25) is 0 Å². The van der Waals surface area contributed by atoms with E-state index in [9.17, 15) is 9.59 Å². The van der Waals surface area contributed by atoms with Crippen LogP contribution in [0.25, 0.3) is 22.1 Å². The molecule has 4 nitrogen and oxygen atoms in total. The van der Waals surface area contributed by atoms with Gasteiger partial charge in [0.15, 0.2) is 0 Å². The number of carbonyl (C=O) groups excluding carboxylic acids is 1. The zero-order valence-corrected chi connectivity index (χ0v) is 16.5. The number of fused-ring (bicyclic) bond motifs is 1. The van der Waals surface area contributed by atoms with Crippen molar-refractivity contribution in [3.8, 4) is 16.9 Å². The smallest absolute Gasteiger partial charge is 0.344 e. The lowest BCUT2D eigenvalue weighted by atomic mass is 9.99. The van der Waals surface area contributed by atoms with E-state index in [-0.39, 0.29) is 0 Å². The molecule has 0 amide bonds. The fourth-order valence-electron chi connectivity index (χ4n) is 3.12. The molecule has 0 aliphatic rings. The Morgan fingerprint density at radius 2 is 1.68 bits per heavy atom. The maximum Gasteiger partial charge on any atom is 0.344 e. The normalized spacial score (nSPS) is 10.8. The fraction of sp³-hybridized carbons (Fsp3) is 0.0435. The van der Waals surface area contributed by atoms with Gasteiger partial charge in [-0.3, -0.25) is 0 Å². The molecular weight excluding hydrogens is 420 g/mol. The van der Waals surface area contributed by atoms with Gasteiger partial charge < -0.3 is 9.15 Å². The minimum Gasteiger partial charge on any atom is -0.423 e. The summed E-state index contributed by atoms with van der Waals surface area (Å²) in [6.45, 7) is 1.86. The molecule has 4 rings (SSSR count). The van der Waals surface area contributed by atoms with Gasteiger partial charge in [-0.2, -0.15) is 0 Å². The molecule has 0 fully saturated rings. The number of rotatable bonds is 3. The molecule has 4 aromatic rings. The fourth-order valence-corrected chi connectivity index (χ4v) is 3.57. The first-order valence-electron chi connectivity index (χ1n) is 8.64. The molecule has 1 aromatic heterocycles. The molecule has 0 unspecified atom stereocenters. The summed E-state index contributed by atoms with van der Waals surface area (Å²) in [6.07, 6.45) is 0. The van der Waals surface area contributed by atoms with Crippen LogP contribution in [0.1, 0.15) is 15.9 Å². The van der Waals surface area contributed by atoms with Crippen molar-refractivity contribution in [2.75, 3.05) is 0 Å². The Hall–Kier alpha value is -3.18. The summed E-state index contributed by atoms with van der Waals surface area (Å²) < 4.78 is 11.7. The number of aryl methyl sites for hydroxylation is 1. The third-order valence-electron chi connectivity index (χ3n) is 4.50. The SMILES string of the molecule is Cc1c(-c2ccccc2)c(=O)oc2ccc(OC(=O)c3ccccc3Br)cc12. The molecule has 3 aromatic carbocycles. The van der Waals surface area contributed by atoms with E-state index in [0.717, 1.165) is 16.5 Å². The van der Waals surface area contributed by atoms with Crippen LogP contribution >= 0.6 is 15.9 Å². The van der Waals surface area contributed by atoms with Crippen molar-refractivity contribution in [2.45, 2.75) is 6.92 Å². The lowest BCUT2D eigenvalue weighted by Gasteiger charge is -2.10. The van der Waals surface area contributed by atoms with Crippen LogP contribution < -0.4 is 10.4 Å². The van der Waals surface area contributed by atoms with Crippen LogP contribution in [0.4, 0.5) is 0 Å². The molecule has 0 saturated heterocycles. The van der Waals surface area contributed by atoms with Crippen LogP contribution in [-0.2, 0) is 0 Å². The highest BCUT2D eigenvalue weighted by molar-refractivity contribution is 9.10. The van der Waals surface area contributed by atoms with E-state index in [2.05, 4.69) is 15.9 Å². The number of esters is 1. The first-order chi connectivity index (χ1) is 13.5. The van der Waals surface area contributed by atoms with Crippen molar-refractivity contribution in [1.29, 1.82) is 0 Å². The summed E-state index contributed by atoms with van der Waals surface area (Å²) in [6, 6.07) is 21.4. The third kappa shape index (κ3) is 3.37. The topological polar surface area (TPSA) is 56.5 Å². The van der Waals surface area contributed by atoms with Gasteiger partial charge in [-0.1, -0.05) is 42.5 Å². The molecule has 0 radical (unpaired) electrons. The molecule has 0 aliphatic carbocycles. The van der Waals surface area contributed by atoms with Gasteiger partial charge >= 0.3 is 11.6 Å². The van der Waals surface area contributed by atoms with Gasteiger partial charge in [-0.15, -0.1) is 0 Å². The van der Waals surface area contributed by atoms with Crippen LogP contribution in [0.15, 0.2) is 86.5 Å². The van der Waals surface area contributed by atoms with Crippen LogP contribution in [-0.4, -0.2) is 5.97 Å². The summed E-state index contributed by atoms with van der Waals surface area (Å²) in [5, 5.41) is 0.718. The standard InChI is InChI=1S/C23H15BrO4/c1-14-18-13-16(27-22(25)17-9-5-6-10-19(17)24)11-12-20(18)28-23(26)21(14)15-7-3-2-4-8-15/h2-13H,1H3. The predicted molar refractivity (Wildman–Crippen MR) is 112 cm³/mol. The van der Waals surface area contributed by atoms with Crippen molar-refractivity contribution < 1.29 is 13.9 Å². The Balaban J connectivity index is 1.78. The van der Waals surface area contributed by atoms with Crippen LogP contribution in [0, 0.1) is 6.92 Å². The second-order valence-corrected chi connectivity index (χ2v) is 7.14. The number of hydrogen-bond donors (Lipinski definition) is 0. The quantitative estimate of drug-likeness (QED) is 0.234. The lowest BCUT2D eigenvalue weighted by molar-refractivity contribution is 0.0734. The van der Waals surface area contributed by atoms with Gasteiger partial charge in [0.2, 0.25) is 0 Å². The molecule has 0 N–H and O–H groups in total. The van der Waals surface area contributed by atoms with Crippen molar-refractivity contribution in [2.24, 2.45) is 0 Å². The first kappa shape index (κ1) is 18.2. The van der Waals surface area contributed by atoms with Gasteiger partial charge in [0.05, 0.1) is 11.1 Å². The van der Waals surface area contributed by atoms with E-state index in [4.69, 9.17) is 9.15 Å². The zero-order valence-electron chi connectivity index (χ0n) is 14.9. The Bertz CT molecular complexity index is 1240. The largest absolute Gasteiger partial charge is 0.423 e. The lowest BCUT2D eigenvalue weighted by Crippen LogP contribution is -2.09. The van der Waals surface area contributed by atoms with Crippen molar-refractivity contribution in [3.05, 3.63) is 98.8 Å². The van der Waals surface area contributed by atoms with E-state index in [0.29, 0.717) is 26.9 Å². The molecule has 0 bridgehead atoms. The Morgan fingerprint density at radius 1 is 0.964 bits per heavy atom. The number of carbonyl (C=O) groups is 1. The third-order valence-corrected chi connectivity index (χ3v) is 5.20. The van der Waals surface area contributed by atoms with Gasteiger partial charge in [-0.25, -0.2) is 9.59 Å². The van der Waals surface area contributed by atoms with Crippen LogP contribution in [0.5, 0.6) is 5.75 Å². The van der Waals surface area contributed by atoms with E-state index in [1.54, 1.807) is 36.4 Å². The number of ether oxygens (including phenoxy) is 1. The van der Waals surface area contributed by atoms with Gasteiger partial charge in [-0.05, 0) is 64.3 Å². The average molecular weight is 435 g/mol. The monoisotopic (exact) mass is 434 g/mol. The highest BCUT2D eigenvalue weighted by atomic mass is 79.9. The molecule has 0 spiro atoms. The summed E-state index contributed by atoms with van der Waals surface area (Å²) in [5.41, 5.74) is 2.55. The predicted octanol–water partition coefficient (Wildman–Crippen LogP) is 5.75. The minimum absolute atomic E-state index is 0.379. The van der Waals surface area contributed by atoms with E-state index < -0.39 is 11.6 Å². The summed E-state index contributed by atoms with van der Waals surface area (Å²) in [5.74, 6) is -0.0886. The Kier molecular flexibility index (Phi) is 4.84. The second kappa shape index (κ2) is 7.44.